The zero-order chi connectivity index (χ0) is 29.8. The molecule has 39 heavy (non-hydrogen) atoms. The van der Waals surface area contributed by atoms with Gasteiger partial charge in [-0.15, -0.1) is 0 Å². The van der Waals surface area contributed by atoms with E-state index in [1.165, 1.54) is 5.57 Å². The van der Waals surface area contributed by atoms with Crippen LogP contribution in [0, 0.1) is 22.2 Å². The van der Waals surface area contributed by atoms with E-state index in [2.05, 4.69) is 12.2 Å². The molecule has 0 spiro atoms. The fraction of sp³-hybridized carbons (Fsp3) is 0.629. The molecule has 0 saturated heterocycles. The van der Waals surface area contributed by atoms with Gasteiger partial charge in [-0.2, -0.15) is 0 Å². The monoisotopic (exact) mass is 536 g/mol. The molecule has 1 N–H and O–H groups in total. The number of fused-ring (bicyclic) bond motifs is 2. The van der Waals surface area contributed by atoms with Crippen LogP contribution in [0.3, 0.4) is 0 Å². The summed E-state index contributed by atoms with van der Waals surface area (Å²) in [5, 5.41) is 11.9. The molecule has 0 aromatic rings. The van der Waals surface area contributed by atoms with Gasteiger partial charge in [0.15, 0.2) is 22.8 Å². The predicted octanol–water partition coefficient (Wildman–Crippen LogP) is 9.13. The van der Waals surface area contributed by atoms with E-state index in [4.69, 9.17) is 0 Å². The van der Waals surface area contributed by atoms with Gasteiger partial charge >= 0.3 is 0 Å². The highest BCUT2D eigenvalue weighted by Crippen LogP contribution is 2.67. The molecule has 0 amide bonds. The molecule has 2 aliphatic rings. The molecule has 1 fully saturated rings. The summed E-state index contributed by atoms with van der Waals surface area (Å²) >= 11 is 0. The number of hydrogen-bond acceptors (Lipinski definition) is 4. The van der Waals surface area contributed by atoms with Gasteiger partial charge in [0.2, 0.25) is 0 Å². The van der Waals surface area contributed by atoms with E-state index in [1.54, 1.807) is 0 Å². The molecule has 2 rings (SSSR count). The first-order chi connectivity index (χ1) is 18.1. The molecule has 216 valence electrons. The van der Waals surface area contributed by atoms with Crippen LogP contribution in [0.5, 0.6) is 0 Å². The van der Waals surface area contributed by atoms with E-state index in [1.807, 2.05) is 81.4 Å². The van der Waals surface area contributed by atoms with Crippen molar-refractivity contribution in [1.82, 2.24) is 0 Å². The first-order valence-electron chi connectivity index (χ1n) is 14.7. The minimum Gasteiger partial charge on any atom is -0.511 e. The van der Waals surface area contributed by atoms with Crippen LogP contribution in [0.4, 0.5) is 0 Å². The predicted molar refractivity (Wildman–Crippen MR) is 161 cm³/mol. The zero-order valence-corrected chi connectivity index (χ0v) is 26.2. The van der Waals surface area contributed by atoms with Crippen molar-refractivity contribution >= 4 is 17.3 Å². The number of ketones is 3. The van der Waals surface area contributed by atoms with Crippen LogP contribution in [0.2, 0.25) is 0 Å². The lowest BCUT2D eigenvalue weighted by Gasteiger charge is -2.61. The Kier molecular flexibility index (Phi) is 10.7. The second kappa shape index (κ2) is 12.8. The Hall–Kier alpha value is -2.49. The van der Waals surface area contributed by atoms with Crippen molar-refractivity contribution in [2.75, 3.05) is 0 Å². The highest BCUT2D eigenvalue weighted by molar-refractivity contribution is 6.33. The van der Waals surface area contributed by atoms with E-state index in [0.717, 1.165) is 16.7 Å². The summed E-state index contributed by atoms with van der Waals surface area (Å²) in [4.78, 5) is 44.1. The zero-order valence-electron chi connectivity index (χ0n) is 26.2. The molecular weight excluding hydrogens is 484 g/mol. The maximum Gasteiger partial charge on any atom is 0.184 e. The molecule has 0 radical (unpaired) electrons. The highest BCUT2D eigenvalue weighted by atomic mass is 16.3. The number of carbonyl (C=O) groups excluding carboxylic acids is 3. The second-order valence-electron chi connectivity index (χ2n) is 13.1. The van der Waals surface area contributed by atoms with Crippen LogP contribution in [-0.4, -0.2) is 22.5 Å². The normalized spacial score (nSPS) is 28.1. The van der Waals surface area contributed by atoms with Crippen LogP contribution in [0.1, 0.15) is 121 Å². The van der Waals surface area contributed by atoms with Crippen molar-refractivity contribution in [3.05, 3.63) is 57.9 Å². The highest BCUT2D eigenvalue weighted by Gasteiger charge is 2.75. The molecule has 0 aromatic heterocycles. The van der Waals surface area contributed by atoms with Crippen molar-refractivity contribution in [3.63, 3.8) is 0 Å². The minimum atomic E-state index is -1.80. The summed E-state index contributed by atoms with van der Waals surface area (Å²) < 4.78 is 0. The van der Waals surface area contributed by atoms with Crippen LogP contribution >= 0.6 is 0 Å². The molecule has 0 aliphatic heterocycles. The van der Waals surface area contributed by atoms with Crippen molar-refractivity contribution in [2.45, 2.75) is 121 Å². The Labute approximate surface area is 237 Å². The molecule has 2 aliphatic carbocycles. The van der Waals surface area contributed by atoms with E-state index in [0.29, 0.717) is 38.5 Å². The van der Waals surface area contributed by atoms with Crippen LogP contribution in [0.15, 0.2) is 57.9 Å². The van der Waals surface area contributed by atoms with Crippen LogP contribution in [0.25, 0.3) is 0 Å². The molecule has 4 unspecified atom stereocenters. The van der Waals surface area contributed by atoms with Gasteiger partial charge < -0.3 is 5.11 Å². The number of rotatable bonds is 12. The van der Waals surface area contributed by atoms with Crippen molar-refractivity contribution < 1.29 is 19.5 Å². The van der Waals surface area contributed by atoms with Gasteiger partial charge in [0.05, 0.1) is 5.41 Å². The summed E-state index contributed by atoms with van der Waals surface area (Å²) in [5.41, 5.74) is 0.671. The van der Waals surface area contributed by atoms with Gasteiger partial charge in [0.1, 0.15) is 5.76 Å². The smallest absolute Gasteiger partial charge is 0.184 e. The number of Topliss-reactive ketones (excluding diaryl/α,β-unsaturated/α-hetero) is 3. The van der Waals surface area contributed by atoms with E-state index < -0.39 is 22.0 Å². The van der Waals surface area contributed by atoms with Crippen molar-refractivity contribution in [3.8, 4) is 0 Å². The Morgan fingerprint density at radius 3 is 1.97 bits per heavy atom. The van der Waals surface area contributed by atoms with Gasteiger partial charge in [-0.25, -0.2) is 0 Å². The van der Waals surface area contributed by atoms with Gasteiger partial charge in [0, 0.05) is 12.0 Å². The molecule has 2 bridgehead atoms. The molecule has 1 saturated carbocycles. The Morgan fingerprint density at radius 2 is 1.46 bits per heavy atom. The molecule has 0 heterocycles. The lowest BCUT2D eigenvalue weighted by atomic mass is 9.38. The average molecular weight is 537 g/mol. The average Bonchev–Trinajstić information content (AvgIpc) is 2.82. The second-order valence-corrected chi connectivity index (χ2v) is 13.1. The number of aliphatic hydroxyl groups is 1. The summed E-state index contributed by atoms with van der Waals surface area (Å²) in [5.74, 6) is -1.34. The van der Waals surface area contributed by atoms with Gasteiger partial charge in [-0.3, -0.25) is 14.4 Å². The van der Waals surface area contributed by atoms with Crippen LogP contribution < -0.4 is 0 Å². The summed E-state index contributed by atoms with van der Waals surface area (Å²) in [7, 11) is 0. The standard InChI is InChI=1S/C35H52O4/c1-11-13-29(36)35-31(38)28(18-16-25(6)7)30(37)34(32(35)39,21-19-26(8)9)22-27(17-15-24(4)5)33(35,10)20-12-14-23(2)3/h14-16,19,27,37H,11-13,17-18,20-22H2,1-10H3. The summed E-state index contributed by atoms with van der Waals surface area (Å²) in [6, 6.07) is 0. The summed E-state index contributed by atoms with van der Waals surface area (Å²) in [6.45, 7) is 20.0. The lowest BCUT2D eigenvalue weighted by Crippen LogP contribution is -2.70. The largest absolute Gasteiger partial charge is 0.511 e. The third-order valence-electron chi connectivity index (χ3n) is 8.98. The maximum atomic E-state index is 15.0. The lowest BCUT2D eigenvalue weighted by molar-refractivity contribution is -0.179. The Morgan fingerprint density at radius 1 is 0.897 bits per heavy atom. The topological polar surface area (TPSA) is 71.4 Å². The van der Waals surface area contributed by atoms with Crippen molar-refractivity contribution in [1.29, 1.82) is 0 Å². The number of aliphatic hydroxyl groups excluding tert-OH is 1. The molecule has 4 heteroatoms. The van der Waals surface area contributed by atoms with E-state index in [9.17, 15) is 19.5 Å². The van der Waals surface area contributed by atoms with Gasteiger partial charge in [-0.05, 0) is 112 Å². The SMILES string of the molecule is CCCC(=O)C12C(=O)C(CC=C(C)C)=C(O)C(CC=C(C)C)(CC(CC=C(C)C)C1(C)CCC=C(C)C)C2=O. The third-order valence-corrected chi connectivity index (χ3v) is 8.98. The Bertz CT molecular complexity index is 1130. The number of carbonyl (C=O) groups is 3. The van der Waals surface area contributed by atoms with E-state index >= 15 is 0 Å². The van der Waals surface area contributed by atoms with Crippen molar-refractivity contribution in [2.24, 2.45) is 22.2 Å². The molecule has 4 atom stereocenters. The fourth-order valence-electron chi connectivity index (χ4n) is 6.76. The minimum absolute atomic E-state index is 0.110. The quantitative estimate of drug-likeness (QED) is 0.199. The maximum absolute atomic E-state index is 15.0. The van der Waals surface area contributed by atoms with Gasteiger partial charge in [0.25, 0.3) is 0 Å². The fourth-order valence-corrected chi connectivity index (χ4v) is 6.76. The molecule has 4 nitrogen and oxygen atoms in total. The number of hydrogen-bond donors (Lipinski definition) is 1. The van der Waals surface area contributed by atoms with Gasteiger partial charge in [-0.1, -0.05) is 60.4 Å². The third kappa shape index (κ3) is 6.00. The Balaban J connectivity index is 3.06. The molecular formula is C35H52O4. The number of allylic oxidation sites excluding steroid dienone is 10. The summed E-state index contributed by atoms with van der Waals surface area (Å²) in [6.07, 6.45) is 11.8. The van der Waals surface area contributed by atoms with E-state index in [-0.39, 0.29) is 41.7 Å². The first kappa shape index (κ1) is 32.7. The van der Waals surface area contributed by atoms with Crippen LogP contribution in [-0.2, 0) is 14.4 Å². The molecule has 0 aromatic carbocycles. The first-order valence-corrected chi connectivity index (χ1v) is 14.7.